The average molecular weight is 332 g/mol. The Morgan fingerprint density at radius 3 is 2.62 bits per heavy atom. The van der Waals surface area contributed by atoms with E-state index in [1.54, 1.807) is 0 Å². The van der Waals surface area contributed by atoms with Gasteiger partial charge in [-0.15, -0.1) is 0 Å². The van der Waals surface area contributed by atoms with Crippen molar-refractivity contribution in [2.24, 2.45) is 22.7 Å². The summed E-state index contributed by atoms with van der Waals surface area (Å²) >= 11 is 0. The molecule has 4 heteroatoms. The Labute approximate surface area is 143 Å². The Morgan fingerprint density at radius 2 is 1.92 bits per heavy atom. The fourth-order valence-corrected chi connectivity index (χ4v) is 6.41. The molecule has 0 aromatic heterocycles. The summed E-state index contributed by atoms with van der Waals surface area (Å²) in [5.74, 6) is 0.567. The molecule has 3 saturated carbocycles. The van der Waals surface area contributed by atoms with E-state index in [9.17, 15) is 14.7 Å². The SMILES string of the molecule is CC(=O)O[C@@H]1CCC2=C3CC[C@]4(C)C(=O)CC[C@@H]4[C@@H]3[C@H](O)[C@]2(C)C1. The van der Waals surface area contributed by atoms with Crippen molar-refractivity contribution >= 4 is 11.8 Å². The molecule has 24 heavy (non-hydrogen) atoms. The first-order valence-electron chi connectivity index (χ1n) is 9.38. The second-order valence-electron chi connectivity index (χ2n) is 8.85. The van der Waals surface area contributed by atoms with Gasteiger partial charge in [-0.1, -0.05) is 25.0 Å². The number of Topliss-reactive ketones (excluding diaryl/α,β-unsaturated/α-hetero) is 1. The molecule has 6 atom stereocenters. The molecular weight excluding hydrogens is 304 g/mol. The van der Waals surface area contributed by atoms with Crippen molar-refractivity contribution in [2.45, 2.75) is 77.9 Å². The number of carbonyl (C=O) groups is 2. The minimum absolute atomic E-state index is 0.0942. The van der Waals surface area contributed by atoms with Crippen molar-refractivity contribution in [2.75, 3.05) is 0 Å². The van der Waals surface area contributed by atoms with Crippen LogP contribution in [-0.4, -0.2) is 29.1 Å². The van der Waals surface area contributed by atoms with Gasteiger partial charge in [0, 0.05) is 30.1 Å². The highest BCUT2D eigenvalue weighted by Gasteiger charge is 2.61. The predicted octanol–water partition coefficient (Wildman–Crippen LogP) is 3.17. The first-order chi connectivity index (χ1) is 11.3. The second kappa shape index (κ2) is 5.17. The molecule has 4 rings (SSSR count). The first kappa shape index (κ1) is 16.3. The Bertz CT molecular complexity index is 636. The van der Waals surface area contributed by atoms with E-state index in [2.05, 4.69) is 13.8 Å². The van der Waals surface area contributed by atoms with E-state index in [0.29, 0.717) is 18.6 Å². The zero-order valence-corrected chi connectivity index (χ0v) is 14.9. The number of fused-ring (bicyclic) bond motifs is 4. The summed E-state index contributed by atoms with van der Waals surface area (Å²) in [6.07, 6.45) is 5.39. The number of esters is 1. The third-order valence-corrected chi connectivity index (χ3v) is 7.66. The third-order valence-electron chi connectivity index (χ3n) is 7.66. The summed E-state index contributed by atoms with van der Waals surface area (Å²) in [7, 11) is 0. The maximum Gasteiger partial charge on any atom is 0.302 e. The molecule has 0 heterocycles. The van der Waals surface area contributed by atoms with E-state index in [1.165, 1.54) is 18.1 Å². The van der Waals surface area contributed by atoms with Crippen LogP contribution in [0.3, 0.4) is 0 Å². The number of carbonyl (C=O) groups excluding carboxylic acids is 2. The predicted molar refractivity (Wildman–Crippen MR) is 89.1 cm³/mol. The van der Waals surface area contributed by atoms with Crippen LogP contribution in [-0.2, 0) is 14.3 Å². The summed E-state index contributed by atoms with van der Waals surface area (Å²) in [6.45, 7) is 5.71. The molecule has 0 aromatic rings. The maximum absolute atomic E-state index is 12.4. The molecule has 0 aliphatic heterocycles. The molecule has 0 radical (unpaired) electrons. The highest BCUT2D eigenvalue weighted by atomic mass is 16.5. The van der Waals surface area contributed by atoms with Crippen molar-refractivity contribution in [1.82, 2.24) is 0 Å². The summed E-state index contributed by atoms with van der Waals surface area (Å²) in [5.41, 5.74) is 2.30. The van der Waals surface area contributed by atoms with Crippen LogP contribution >= 0.6 is 0 Å². The molecule has 0 amide bonds. The van der Waals surface area contributed by atoms with E-state index in [1.807, 2.05) is 0 Å². The van der Waals surface area contributed by atoms with Crippen LogP contribution in [0.4, 0.5) is 0 Å². The van der Waals surface area contributed by atoms with Crippen LogP contribution in [0.1, 0.15) is 65.7 Å². The van der Waals surface area contributed by atoms with E-state index in [-0.39, 0.29) is 34.7 Å². The van der Waals surface area contributed by atoms with Crippen LogP contribution in [0.5, 0.6) is 0 Å². The Kier molecular flexibility index (Phi) is 3.51. The van der Waals surface area contributed by atoms with Crippen molar-refractivity contribution in [3.8, 4) is 0 Å². The summed E-state index contributed by atoms with van der Waals surface area (Å²) in [4.78, 5) is 23.8. The van der Waals surface area contributed by atoms with Crippen molar-refractivity contribution < 1.29 is 19.4 Å². The lowest BCUT2D eigenvalue weighted by atomic mass is 9.61. The minimum atomic E-state index is -0.448. The molecule has 3 fully saturated rings. The topological polar surface area (TPSA) is 63.6 Å². The molecule has 1 N–H and O–H groups in total. The lowest BCUT2D eigenvalue weighted by molar-refractivity contribution is -0.150. The quantitative estimate of drug-likeness (QED) is 0.592. The third kappa shape index (κ3) is 2.01. The molecule has 0 spiro atoms. The zero-order chi connectivity index (χ0) is 17.3. The highest BCUT2D eigenvalue weighted by Crippen LogP contribution is 2.64. The molecule has 4 aliphatic carbocycles. The average Bonchev–Trinajstić information content (AvgIpc) is 2.92. The molecule has 0 bridgehead atoms. The number of aliphatic hydroxyl groups is 1. The molecule has 4 nitrogen and oxygen atoms in total. The zero-order valence-electron chi connectivity index (χ0n) is 14.9. The summed E-state index contributed by atoms with van der Waals surface area (Å²) in [5, 5.41) is 11.3. The highest BCUT2D eigenvalue weighted by molar-refractivity contribution is 5.87. The lowest BCUT2D eigenvalue weighted by Crippen LogP contribution is -2.45. The van der Waals surface area contributed by atoms with Crippen LogP contribution < -0.4 is 0 Å². The van der Waals surface area contributed by atoms with E-state index in [4.69, 9.17) is 4.74 Å². The normalized spacial score (nSPS) is 47.2. The van der Waals surface area contributed by atoms with Gasteiger partial charge in [-0.3, -0.25) is 9.59 Å². The van der Waals surface area contributed by atoms with Crippen LogP contribution in [0.2, 0.25) is 0 Å². The van der Waals surface area contributed by atoms with Crippen molar-refractivity contribution in [3.05, 3.63) is 11.1 Å². The van der Waals surface area contributed by atoms with Gasteiger partial charge >= 0.3 is 5.97 Å². The van der Waals surface area contributed by atoms with E-state index in [0.717, 1.165) is 32.1 Å². The molecule has 0 saturated heterocycles. The van der Waals surface area contributed by atoms with E-state index >= 15 is 0 Å². The Balaban J connectivity index is 1.68. The smallest absolute Gasteiger partial charge is 0.302 e. The number of hydrogen-bond donors (Lipinski definition) is 1. The Hall–Kier alpha value is -1.16. The van der Waals surface area contributed by atoms with Gasteiger partial charge in [0.15, 0.2) is 0 Å². The number of rotatable bonds is 1. The van der Waals surface area contributed by atoms with Crippen LogP contribution in [0, 0.1) is 22.7 Å². The van der Waals surface area contributed by atoms with Gasteiger partial charge in [-0.25, -0.2) is 0 Å². The number of aliphatic hydroxyl groups excluding tert-OH is 1. The minimum Gasteiger partial charge on any atom is -0.463 e. The summed E-state index contributed by atoms with van der Waals surface area (Å²) < 4.78 is 5.46. The molecule has 0 unspecified atom stereocenters. The van der Waals surface area contributed by atoms with Gasteiger partial charge in [-0.05, 0) is 44.4 Å². The van der Waals surface area contributed by atoms with E-state index < -0.39 is 6.10 Å². The van der Waals surface area contributed by atoms with Crippen LogP contribution in [0.25, 0.3) is 0 Å². The fraction of sp³-hybridized carbons (Fsp3) is 0.800. The van der Waals surface area contributed by atoms with Crippen molar-refractivity contribution in [1.29, 1.82) is 0 Å². The molecule has 132 valence electrons. The van der Waals surface area contributed by atoms with Crippen LogP contribution in [0.15, 0.2) is 11.1 Å². The summed E-state index contributed by atoms with van der Waals surface area (Å²) in [6, 6.07) is 0. The maximum atomic E-state index is 12.4. The largest absolute Gasteiger partial charge is 0.463 e. The molecular formula is C20H28O4. The van der Waals surface area contributed by atoms with Crippen molar-refractivity contribution in [3.63, 3.8) is 0 Å². The number of ether oxygens (including phenoxy) is 1. The fourth-order valence-electron chi connectivity index (χ4n) is 6.41. The van der Waals surface area contributed by atoms with Gasteiger partial charge in [0.05, 0.1) is 6.10 Å². The Morgan fingerprint density at radius 1 is 1.17 bits per heavy atom. The van der Waals surface area contributed by atoms with Gasteiger partial charge in [0.25, 0.3) is 0 Å². The first-order valence-corrected chi connectivity index (χ1v) is 9.38. The lowest BCUT2D eigenvalue weighted by Gasteiger charge is -2.44. The van der Waals surface area contributed by atoms with Gasteiger partial charge < -0.3 is 9.84 Å². The van der Waals surface area contributed by atoms with Gasteiger partial charge in [0.2, 0.25) is 0 Å². The van der Waals surface area contributed by atoms with Gasteiger partial charge in [0.1, 0.15) is 11.9 Å². The van der Waals surface area contributed by atoms with Gasteiger partial charge in [-0.2, -0.15) is 0 Å². The molecule has 0 aromatic carbocycles. The second-order valence-corrected chi connectivity index (χ2v) is 8.85. The monoisotopic (exact) mass is 332 g/mol. The number of hydrogen-bond acceptors (Lipinski definition) is 4. The standard InChI is InChI=1S/C20H28O4/c1-11(21)24-12-4-5-14-13-8-9-19(2)15(6-7-16(19)22)17(13)18(23)20(14,3)10-12/h12,15,17-18,23H,4-10H2,1-3H3/t12-,15-,17-,18+,19+,20-/m1/s1. The molecule has 4 aliphatic rings. The number of ketones is 1.